The molecule has 7 nitrogen and oxygen atoms in total. The normalized spacial score (nSPS) is 25.3. The zero-order valence-corrected chi connectivity index (χ0v) is 18.9. The summed E-state index contributed by atoms with van der Waals surface area (Å²) in [5, 5.41) is 9.82. The largest absolute Gasteiger partial charge is 0.441 e. The van der Waals surface area contributed by atoms with Gasteiger partial charge in [-0.25, -0.2) is 14.8 Å². The van der Waals surface area contributed by atoms with E-state index in [1.54, 1.807) is 17.2 Å². The molecule has 1 saturated carbocycles. The van der Waals surface area contributed by atoms with Crippen LogP contribution in [-0.4, -0.2) is 32.8 Å². The van der Waals surface area contributed by atoms with Crippen LogP contribution < -0.4 is 4.90 Å². The molecule has 164 valence electrons. The number of anilines is 1. The van der Waals surface area contributed by atoms with Gasteiger partial charge in [-0.15, -0.1) is 0 Å². The van der Waals surface area contributed by atoms with Crippen LogP contribution in [0.3, 0.4) is 0 Å². The molecule has 2 fully saturated rings. The van der Waals surface area contributed by atoms with Crippen molar-refractivity contribution in [3.63, 3.8) is 0 Å². The number of ether oxygens (including phenoxy) is 1. The molecule has 2 atom stereocenters. The summed E-state index contributed by atoms with van der Waals surface area (Å²) in [5.41, 5.74) is 2.69. The number of imidazole rings is 1. The average molecular weight is 450 g/mol. The first-order chi connectivity index (χ1) is 15.3. The van der Waals surface area contributed by atoms with E-state index in [1.807, 2.05) is 31.5 Å². The van der Waals surface area contributed by atoms with Crippen molar-refractivity contribution in [3.8, 4) is 6.07 Å². The Hall–Kier alpha value is -3.11. The van der Waals surface area contributed by atoms with Crippen LogP contribution in [0.2, 0.25) is 5.02 Å². The second-order valence-corrected chi connectivity index (χ2v) is 9.90. The predicted molar refractivity (Wildman–Crippen MR) is 122 cm³/mol. The molecule has 1 aliphatic heterocycles. The number of benzene rings is 1. The van der Waals surface area contributed by atoms with Crippen molar-refractivity contribution in [2.75, 3.05) is 11.4 Å². The molecule has 1 spiro atoms. The van der Waals surface area contributed by atoms with E-state index in [2.05, 4.69) is 27.5 Å². The Morgan fingerprint density at radius 2 is 2.12 bits per heavy atom. The monoisotopic (exact) mass is 449 g/mol. The van der Waals surface area contributed by atoms with Crippen molar-refractivity contribution < 1.29 is 9.53 Å². The molecule has 5 rings (SSSR count). The summed E-state index contributed by atoms with van der Waals surface area (Å²) < 4.78 is 8.15. The first kappa shape index (κ1) is 20.8. The molecule has 0 N–H and O–H groups in total. The minimum atomic E-state index is -0.536. The number of fused-ring (bicyclic) bond motifs is 1. The molecule has 2 aliphatic rings. The lowest BCUT2D eigenvalue weighted by Crippen LogP contribution is -2.45. The number of pyridine rings is 1. The Balaban J connectivity index is 1.40. The van der Waals surface area contributed by atoms with E-state index < -0.39 is 5.60 Å². The van der Waals surface area contributed by atoms with Gasteiger partial charge in [0.1, 0.15) is 11.4 Å². The molecule has 32 heavy (non-hydrogen) atoms. The zero-order valence-electron chi connectivity index (χ0n) is 18.1. The van der Waals surface area contributed by atoms with Crippen molar-refractivity contribution in [3.05, 3.63) is 52.9 Å². The highest BCUT2D eigenvalue weighted by Gasteiger charge is 2.52. The van der Waals surface area contributed by atoms with Crippen molar-refractivity contribution in [2.24, 2.45) is 5.41 Å². The third-order valence-electron chi connectivity index (χ3n) is 6.71. The topological polar surface area (TPSA) is 84.0 Å². The molecule has 8 heteroatoms. The summed E-state index contributed by atoms with van der Waals surface area (Å²) in [6.07, 6.45) is 6.65. The van der Waals surface area contributed by atoms with Crippen LogP contribution in [0.15, 0.2) is 36.8 Å². The van der Waals surface area contributed by atoms with Gasteiger partial charge in [-0.1, -0.05) is 18.5 Å². The summed E-state index contributed by atoms with van der Waals surface area (Å²) in [6.45, 7) is 5.38. The predicted octanol–water partition coefficient (Wildman–Crippen LogP) is 5.24. The first-order valence-corrected chi connectivity index (χ1v) is 11.2. The van der Waals surface area contributed by atoms with Gasteiger partial charge in [-0.2, -0.15) is 5.26 Å². The van der Waals surface area contributed by atoms with Gasteiger partial charge >= 0.3 is 6.09 Å². The Bertz CT molecular complexity index is 1260. The highest BCUT2D eigenvalue weighted by molar-refractivity contribution is 6.30. The van der Waals surface area contributed by atoms with E-state index in [-0.39, 0.29) is 11.5 Å². The van der Waals surface area contributed by atoms with Crippen LogP contribution in [0.25, 0.3) is 11.0 Å². The van der Waals surface area contributed by atoms with Crippen LogP contribution in [0.4, 0.5) is 10.6 Å². The van der Waals surface area contributed by atoms with Gasteiger partial charge < -0.3 is 9.30 Å². The number of rotatable bonds is 3. The molecule has 3 heterocycles. The number of nitriles is 1. The maximum Gasteiger partial charge on any atom is 0.416 e. The number of carbonyl (C=O) groups is 1. The van der Waals surface area contributed by atoms with Crippen LogP contribution in [0.1, 0.15) is 43.7 Å². The summed E-state index contributed by atoms with van der Waals surface area (Å²) in [5.74, 6) is 0.605. The number of hydrogen-bond donors (Lipinski definition) is 0. The van der Waals surface area contributed by atoms with E-state index in [4.69, 9.17) is 16.3 Å². The Morgan fingerprint density at radius 3 is 2.91 bits per heavy atom. The Labute approximate surface area is 191 Å². The van der Waals surface area contributed by atoms with Crippen LogP contribution in [-0.2, 0) is 11.3 Å². The van der Waals surface area contributed by atoms with Gasteiger partial charge in [-0.05, 0) is 67.9 Å². The summed E-state index contributed by atoms with van der Waals surface area (Å²) >= 11 is 6.05. The van der Waals surface area contributed by atoms with Gasteiger partial charge in [0.25, 0.3) is 0 Å². The lowest BCUT2D eigenvalue weighted by atomic mass is 9.68. The SMILES string of the molecule is Cc1cc(Cl)cnc1N1C[C@@]2(CCC[C@](C)(Cn3cnc4ccc(C#N)cc43)C2)OC1=O. The van der Waals surface area contributed by atoms with Crippen molar-refractivity contribution in [2.45, 2.75) is 51.7 Å². The van der Waals surface area contributed by atoms with E-state index in [0.29, 0.717) is 22.9 Å². The lowest BCUT2D eigenvalue weighted by Gasteiger charge is -2.43. The highest BCUT2D eigenvalue weighted by Crippen LogP contribution is 2.48. The van der Waals surface area contributed by atoms with E-state index in [9.17, 15) is 10.1 Å². The molecule has 1 aliphatic carbocycles. The second-order valence-electron chi connectivity index (χ2n) is 9.46. The highest BCUT2D eigenvalue weighted by atomic mass is 35.5. The third-order valence-corrected chi connectivity index (χ3v) is 6.91. The molecule has 3 aromatic rings. The zero-order chi connectivity index (χ0) is 22.5. The van der Waals surface area contributed by atoms with E-state index in [0.717, 1.165) is 48.8 Å². The smallest absolute Gasteiger partial charge is 0.416 e. The average Bonchev–Trinajstić information content (AvgIpc) is 3.27. The minimum Gasteiger partial charge on any atom is -0.441 e. The van der Waals surface area contributed by atoms with Crippen LogP contribution in [0, 0.1) is 23.7 Å². The molecular weight excluding hydrogens is 426 g/mol. The molecule has 2 aromatic heterocycles. The Morgan fingerprint density at radius 1 is 1.28 bits per heavy atom. The van der Waals surface area contributed by atoms with Gasteiger partial charge in [0.15, 0.2) is 0 Å². The molecule has 1 saturated heterocycles. The van der Waals surface area contributed by atoms with E-state index in [1.165, 1.54) is 0 Å². The van der Waals surface area contributed by atoms with Gasteiger partial charge in [0.05, 0.1) is 40.6 Å². The number of aryl methyl sites for hydroxylation is 1. The molecule has 0 bridgehead atoms. The maximum absolute atomic E-state index is 12.8. The number of nitrogens with zero attached hydrogens (tertiary/aromatic N) is 5. The van der Waals surface area contributed by atoms with Crippen molar-refractivity contribution in [1.29, 1.82) is 5.26 Å². The molecule has 1 aromatic carbocycles. The fourth-order valence-corrected chi connectivity index (χ4v) is 5.63. The molecule has 0 unspecified atom stereocenters. The summed E-state index contributed by atoms with van der Waals surface area (Å²) in [6, 6.07) is 9.57. The number of amides is 1. The van der Waals surface area contributed by atoms with Crippen molar-refractivity contribution >= 4 is 34.5 Å². The summed E-state index contributed by atoms with van der Waals surface area (Å²) in [4.78, 5) is 23.4. The van der Waals surface area contributed by atoms with Crippen molar-refractivity contribution in [1.82, 2.24) is 14.5 Å². The second kappa shape index (κ2) is 7.49. The summed E-state index contributed by atoms with van der Waals surface area (Å²) in [7, 11) is 0. The molecule has 0 radical (unpaired) electrons. The van der Waals surface area contributed by atoms with Gasteiger partial charge in [0.2, 0.25) is 0 Å². The quantitative estimate of drug-likeness (QED) is 0.545. The maximum atomic E-state index is 12.8. The first-order valence-electron chi connectivity index (χ1n) is 10.8. The number of halogens is 1. The van der Waals surface area contributed by atoms with Crippen LogP contribution >= 0.6 is 11.6 Å². The number of hydrogen-bond acceptors (Lipinski definition) is 5. The van der Waals surface area contributed by atoms with E-state index >= 15 is 0 Å². The van der Waals surface area contributed by atoms with Gasteiger partial charge in [-0.3, -0.25) is 4.90 Å². The van der Waals surface area contributed by atoms with Crippen LogP contribution in [0.5, 0.6) is 0 Å². The molecule has 1 amide bonds. The number of aromatic nitrogens is 3. The molecular formula is C24H24ClN5O2. The standard InChI is InChI=1S/C24H24ClN5O2/c1-16-8-18(25)11-27-21(16)30-14-24(32-22(30)31)7-3-6-23(2,12-24)13-29-15-28-19-5-4-17(10-26)9-20(19)29/h4-5,8-9,11,15H,3,6-7,12-14H2,1-2H3/t23-,24-/m0/s1. The Kier molecular flexibility index (Phi) is 4.86. The third kappa shape index (κ3) is 3.59. The lowest BCUT2D eigenvalue weighted by molar-refractivity contribution is -0.0264. The minimum absolute atomic E-state index is 0.0761. The van der Waals surface area contributed by atoms with Gasteiger partial charge in [0, 0.05) is 12.7 Å². The fraction of sp³-hybridized carbons (Fsp3) is 0.417. The number of carbonyl (C=O) groups excluding carboxylic acids is 1. The fourth-order valence-electron chi connectivity index (χ4n) is 5.41.